The molecule has 1 aromatic carbocycles. The summed E-state index contributed by atoms with van der Waals surface area (Å²) < 4.78 is 5.49. The Labute approximate surface area is 146 Å². The summed E-state index contributed by atoms with van der Waals surface area (Å²) >= 11 is 1.62. The van der Waals surface area contributed by atoms with E-state index in [0.717, 1.165) is 50.4 Å². The molecule has 128 valence electrons. The van der Waals surface area contributed by atoms with E-state index in [1.165, 1.54) is 0 Å². The van der Waals surface area contributed by atoms with Crippen LogP contribution >= 0.6 is 11.3 Å². The number of methoxy groups -OCH3 is 1. The van der Waals surface area contributed by atoms with Crippen LogP contribution in [0.25, 0.3) is 0 Å². The highest BCUT2D eigenvalue weighted by molar-refractivity contribution is 7.07. The van der Waals surface area contributed by atoms with Gasteiger partial charge in [0.2, 0.25) is 0 Å². The fourth-order valence-corrected chi connectivity index (χ4v) is 3.62. The first-order chi connectivity index (χ1) is 11.8. The molecule has 1 fully saturated rings. The zero-order chi connectivity index (χ0) is 16.8. The fourth-order valence-electron chi connectivity index (χ4n) is 3.07. The Morgan fingerprint density at radius 2 is 2.08 bits per heavy atom. The van der Waals surface area contributed by atoms with Gasteiger partial charge in [0.1, 0.15) is 0 Å². The van der Waals surface area contributed by atoms with Crippen molar-refractivity contribution in [1.82, 2.24) is 14.8 Å². The van der Waals surface area contributed by atoms with Gasteiger partial charge in [0.25, 0.3) is 5.91 Å². The van der Waals surface area contributed by atoms with Crippen molar-refractivity contribution in [2.75, 3.05) is 33.3 Å². The lowest BCUT2D eigenvalue weighted by molar-refractivity contribution is -0.142. The van der Waals surface area contributed by atoms with E-state index in [0.29, 0.717) is 0 Å². The van der Waals surface area contributed by atoms with Crippen molar-refractivity contribution < 1.29 is 9.53 Å². The van der Waals surface area contributed by atoms with Gasteiger partial charge >= 0.3 is 0 Å². The third-order valence-electron chi connectivity index (χ3n) is 4.33. The van der Waals surface area contributed by atoms with E-state index in [1.54, 1.807) is 18.4 Å². The molecule has 1 atom stereocenters. The van der Waals surface area contributed by atoms with Gasteiger partial charge in [-0.05, 0) is 12.0 Å². The lowest BCUT2D eigenvalue weighted by Crippen LogP contribution is -2.38. The van der Waals surface area contributed by atoms with Gasteiger partial charge in [0.15, 0.2) is 6.10 Å². The van der Waals surface area contributed by atoms with Crippen molar-refractivity contribution >= 4 is 17.2 Å². The minimum absolute atomic E-state index is 0.0548. The second-order valence-electron chi connectivity index (χ2n) is 5.96. The lowest BCUT2D eigenvalue weighted by Gasteiger charge is -2.26. The molecule has 24 heavy (non-hydrogen) atoms. The van der Waals surface area contributed by atoms with Gasteiger partial charge in [-0.15, -0.1) is 11.3 Å². The van der Waals surface area contributed by atoms with Gasteiger partial charge in [0.05, 0.1) is 11.2 Å². The first kappa shape index (κ1) is 17.1. The van der Waals surface area contributed by atoms with Gasteiger partial charge in [-0.3, -0.25) is 9.69 Å². The van der Waals surface area contributed by atoms with Crippen LogP contribution in [-0.2, 0) is 16.1 Å². The molecule has 2 aromatic rings. The van der Waals surface area contributed by atoms with Gasteiger partial charge in [-0.25, -0.2) is 4.98 Å². The van der Waals surface area contributed by atoms with Crippen molar-refractivity contribution in [3.8, 4) is 0 Å². The van der Waals surface area contributed by atoms with Crippen LogP contribution < -0.4 is 0 Å². The first-order valence-corrected chi connectivity index (χ1v) is 9.18. The Bertz CT molecular complexity index is 633. The summed E-state index contributed by atoms with van der Waals surface area (Å²) in [6.07, 6.45) is 0.456. The molecule has 0 unspecified atom stereocenters. The highest BCUT2D eigenvalue weighted by Gasteiger charge is 2.27. The molecule has 0 radical (unpaired) electrons. The summed E-state index contributed by atoms with van der Waals surface area (Å²) in [6.45, 7) is 4.23. The molecule has 0 N–H and O–H groups in total. The van der Waals surface area contributed by atoms with Crippen LogP contribution in [0.3, 0.4) is 0 Å². The zero-order valence-corrected chi connectivity index (χ0v) is 14.7. The lowest BCUT2D eigenvalue weighted by atomic mass is 10.1. The van der Waals surface area contributed by atoms with E-state index in [-0.39, 0.29) is 5.91 Å². The van der Waals surface area contributed by atoms with Crippen molar-refractivity contribution in [3.05, 3.63) is 52.5 Å². The molecule has 5 nitrogen and oxygen atoms in total. The van der Waals surface area contributed by atoms with E-state index in [1.807, 2.05) is 40.7 Å². The quantitative estimate of drug-likeness (QED) is 0.835. The van der Waals surface area contributed by atoms with Gasteiger partial charge in [0, 0.05) is 45.2 Å². The number of rotatable bonds is 5. The van der Waals surface area contributed by atoms with Crippen LogP contribution in [-0.4, -0.2) is 54.0 Å². The molecule has 6 heteroatoms. The molecule has 0 saturated carbocycles. The number of carbonyl (C=O) groups is 1. The molecule has 0 bridgehead atoms. The number of carbonyl (C=O) groups excluding carboxylic acids is 1. The van der Waals surface area contributed by atoms with Gasteiger partial charge < -0.3 is 9.64 Å². The molecule has 3 rings (SSSR count). The molecule has 1 aromatic heterocycles. The molecule has 1 aliphatic heterocycles. The predicted octanol–water partition coefficient (Wildman–Crippen LogP) is 2.57. The van der Waals surface area contributed by atoms with Crippen LogP contribution in [0.4, 0.5) is 0 Å². The summed E-state index contributed by atoms with van der Waals surface area (Å²) in [5.41, 5.74) is 3.89. The topological polar surface area (TPSA) is 45.7 Å². The number of amides is 1. The molecular weight excluding hydrogens is 322 g/mol. The van der Waals surface area contributed by atoms with Crippen LogP contribution in [0, 0.1) is 0 Å². The Hall–Kier alpha value is -1.76. The Morgan fingerprint density at radius 3 is 2.79 bits per heavy atom. The van der Waals surface area contributed by atoms with E-state index in [4.69, 9.17) is 4.74 Å². The number of aromatic nitrogens is 1. The van der Waals surface area contributed by atoms with Gasteiger partial charge in [-0.2, -0.15) is 0 Å². The number of ether oxygens (including phenoxy) is 1. The van der Waals surface area contributed by atoms with Crippen LogP contribution in [0.5, 0.6) is 0 Å². The number of hydrogen-bond acceptors (Lipinski definition) is 5. The molecule has 2 heterocycles. The van der Waals surface area contributed by atoms with E-state index >= 15 is 0 Å². The molecule has 1 aliphatic rings. The second kappa shape index (κ2) is 8.37. The highest BCUT2D eigenvalue weighted by atomic mass is 32.1. The monoisotopic (exact) mass is 345 g/mol. The standard InChI is InChI=1S/C18H23N3O2S/c1-23-17(15-6-3-2-4-7-15)18(22)21-9-5-8-20(10-11-21)12-16-13-24-14-19-16/h2-4,6-7,13-14,17H,5,8-12H2,1H3/t17-/m1/s1. The molecular formula is C18H23N3O2S. The van der Waals surface area contributed by atoms with E-state index < -0.39 is 6.10 Å². The van der Waals surface area contributed by atoms with E-state index in [2.05, 4.69) is 15.3 Å². The van der Waals surface area contributed by atoms with Crippen LogP contribution in [0.2, 0.25) is 0 Å². The zero-order valence-electron chi connectivity index (χ0n) is 13.9. The smallest absolute Gasteiger partial charge is 0.256 e. The third kappa shape index (κ3) is 4.20. The fraction of sp³-hybridized carbons (Fsp3) is 0.444. The second-order valence-corrected chi connectivity index (χ2v) is 6.68. The van der Waals surface area contributed by atoms with Crippen molar-refractivity contribution in [2.45, 2.75) is 19.1 Å². The summed E-state index contributed by atoms with van der Waals surface area (Å²) in [4.78, 5) is 21.5. The Balaban J connectivity index is 1.61. The van der Waals surface area contributed by atoms with Gasteiger partial charge in [-0.1, -0.05) is 30.3 Å². The number of hydrogen-bond donors (Lipinski definition) is 0. The highest BCUT2D eigenvalue weighted by Crippen LogP contribution is 2.20. The number of thiazole rings is 1. The Morgan fingerprint density at radius 1 is 1.25 bits per heavy atom. The van der Waals surface area contributed by atoms with E-state index in [9.17, 15) is 4.79 Å². The molecule has 0 spiro atoms. The van der Waals surface area contributed by atoms with Crippen molar-refractivity contribution in [1.29, 1.82) is 0 Å². The predicted molar refractivity (Wildman–Crippen MR) is 94.8 cm³/mol. The van der Waals surface area contributed by atoms with Crippen molar-refractivity contribution in [3.63, 3.8) is 0 Å². The molecule has 0 aliphatic carbocycles. The summed E-state index contributed by atoms with van der Waals surface area (Å²) in [5, 5.41) is 2.09. The van der Waals surface area contributed by atoms with Crippen LogP contribution in [0.1, 0.15) is 23.8 Å². The summed E-state index contributed by atoms with van der Waals surface area (Å²) in [5.74, 6) is 0.0548. The first-order valence-electron chi connectivity index (χ1n) is 8.24. The molecule has 1 amide bonds. The minimum atomic E-state index is -0.517. The maximum atomic E-state index is 12.9. The van der Waals surface area contributed by atoms with Crippen LogP contribution in [0.15, 0.2) is 41.2 Å². The summed E-state index contributed by atoms with van der Waals surface area (Å²) in [7, 11) is 1.60. The normalized spacial score (nSPS) is 17.5. The van der Waals surface area contributed by atoms with Crippen molar-refractivity contribution in [2.24, 2.45) is 0 Å². The number of nitrogens with zero attached hydrogens (tertiary/aromatic N) is 3. The third-order valence-corrected chi connectivity index (χ3v) is 4.97. The SMILES string of the molecule is CO[C@@H](C(=O)N1CCCN(Cc2cscn2)CC1)c1ccccc1. The largest absolute Gasteiger partial charge is 0.367 e. The minimum Gasteiger partial charge on any atom is -0.367 e. The maximum absolute atomic E-state index is 12.9. The number of benzene rings is 1. The average molecular weight is 345 g/mol. The maximum Gasteiger partial charge on any atom is 0.256 e. The summed E-state index contributed by atoms with van der Waals surface area (Å²) in [6, 6.07) is 9.71. The average Bonchev–Trinajstić information content (AvgIpc) is 3.01. The molecule has 1 saturated heterocycles. The Kier molecular flexibility index (Phi) is 5.96.